The molecular formula is C15H19NO4. The van der Waals surface area contributed by atoms with Gasteiger partial charge >= 0.3 is 12.1 Å². The Hall–Kier alpha value is -2.04. The number of nitrogens with one attached hydrogen (secondary N) is 1. The van der Waals surface area contributed by atoms with E-state index in [1.54, 1.807) is 0 Å². The van der Waals surface area contributed by atoms with Gasteiger partial charge in [-0.15, -0.1) is 0 Å². The molecule has 0 aliphatic heterocycles. The molecule has 5 heteroatoms. The summed E-state index contributed by atoms with van der Waals surface area (Å²) in [6.45, 7) is 4.33. The molecule has 2 rings (SSSR count). The summed E-state index contributed by atoms with van der Waals surface area (Å²) in [4.78, 5) is 22.6. The number of carbonyl (C=O) groups is 2. The van der Waals surface area contributed by atoms with Gasteiger partial charge in [-0.25, -0.2) is 4.79 Å². The van der Waals surface area contributed by atoms with Crippen LogP contribution in [0.5, 0.6) is 0 Å². The Kier molecular flexibility index (Phi) is 3.97. The molecular weight excluding hydrogens is 258 g/mol. The number of rotatable bonds is 5. The highest BCUT2D eigenvalue weighted by Crippen LogP contribution is 2.57. The molecule has 0 saturated heterocycles. The molecule has 1 amide bonds. The Balaban J connectivity index is 1.73. The van der Waals surface area contributed by atoms with E-state index >= 15 is 0 Å². The summed E-state index contributed by atoms with van der Waals surface area (Å²) >= 11 is 0. The van der Waals surface area contributed by atoms with E-state index in [0.717, 1.165) is 5.56 Å². The minimum Gasteiger partial charge on any atom is -0.481 e. The second-order valence-corrected chi connectivity index (χ2v) is 5.69. The van der Waals surface area contributed by atoms with Crippen LogP contribution in [0.15, 0.2) is 30.3 Å². The highest BCUT2D eigenvalue weighted by atomic mass is 16.5. The van der Waals surface area contributed by atoms with Crippen LogP contribution >= 0.6 is 0 Å². The van der Waals surface area contributed by atoms with Crippen molar-refractivity contribution in [3.63, 3.8) is 0 Å². The third kappa shape index (κ3) is 3.10. The smallest absolute Gasteiger partial charge is 0.407 e. The van der Waals surface area contributed by atoms with Crippen LogP contribution in [-0.2, 0) is 16.1 Å². The first-order valence-electron chi connectivity index (χ1n) is 6.60. The van der Waals surface area contributed by atoms with Crippen molar-refractivity contribution in [2.75, 3.05) is 6.54 Å². The number of amides is 1. The van der Waals surface area contributed by atoms with Crippen molar-refractivity contribution in [2.24, 2.45) is 17.3 Å². The molecule has 1 saturated carbocycles. The second-order valence-electron chi connectivity index (χ2n) is 5.69. The van der Waals surface area contributed by atoms with Gasteiger partial charge in [0.15, 0.2) is 0 Å². The quantitative estimate of drug-likeness (QED) is 0.865. The van der Waals surface area contributed by atoms with Crippen molar-refractivity contribution < 1.29 is 19.4 Å². The predicted molar refractivity (Wildman–Crippen MR) is 73.0 cm³/mol. The third-order valence-electron chi connectivity index (χ3n) is 4.00. The molecule has 0 heterocycles. The zero-order valence-corrected chi connectivity index (χ0v) is 11.6. The fourth-order valence-corrected chi connectivity index (χ4v) is 2.58. The van der Waals surface area contributed by atoms with Crippen LogP contribution in [0.1, 0.15) is 19.4 Å². The van der Waals surface area contributed by atoms with E-state index in [4.69, 9.17) is 9.84 Å². The van der Waals surface area contributed by atoms with Gasteiger partial charge in [0.25, 0.3) is 0 Å². The van der Waals surface area contributed by atoms with Gasteiger partial charge in [-0.3, -0.25) is 4.79 Å². The van der Waals surface area contributed by atoms with E-state index in [-0.39, 0.29) is 17.9 Å². The normalized spacial score (nSPS) is 22.9. The Morgan fingerprint density at radius 2 is 1.95 bits per heavy atom. The molecule has 1 fully saturated rings. The van der Waals surface area contributed by atoms with E-state index < -0.39 is 18.0 Å². The zero-order valence-electron chi connectivity index (χ0n) is 11.6. The van der Waals surface area contributed by atoms with Gasteiger partial charge < -0.3 is 15.2 Å². The van der Waals surface area contributed by atoms with E-state index in [1.807, 2.05) is 44.2 Å². The lowest BCUT2D eigenvalue weighted by atomic mass is 10.1. The highest BCUT2D eigenvalue weighted by Gasteiger charge is 2.61. The van der Waals surface area contributed by atoms with Crippen molar-refractivity contribution in [2.45, 2.75) is 20.5 Å². The minimum atomic E-state index is -0.806. The maximum Gasteiger partial charge on any atom is 0.407 e. The lowest BCUT2D eigenvalue weighted by Crippen LogP contribution is -2.27. The fraction of sp³-hybridized carbons (Fsp3) is 0.467. The SMILES string of the molecule is CC1(C)[C@H](C(=O)O)[C@@H]1CNC(=O)OCc1ccccc1. The number of hydrogen-bond donors (Lipinski definition) is 2. The van der Waals surface area contributed by atoms with Crippen LogP contribution in [0.2, 0.25) is 0 Å². The number of alkyl carbamates (subject to hydrolysis) is 1. The zero-order chi connectivity index (χ0) is 14.8. The monoisotopic (exact) mass is 277 g/mol. The van der Waals surface area contributed by atoms with Gasteiger partial charge in [0.1, 0.15) is 6.61 Å². The summed E-state index contributed by atoms with van der Waals surface area (Å²) in [6, 6.07) is 9.39. The summed E-state index contributed by atoms with van der Waals surface area (Å²) in [5.41, 5.74) is 0.649. The molecule has 2 N–H and O–H groups in total. The molecule has 0 unspecified atom stereocenters. The highest BCUT2D eigenvalue weighted by molar-refractivity contribution is 5.76. The minimum absolute atomic E-state index is 0.0377. The molecule has 20 heavy (non-hydrogen) atoms. The van der Waals surface area contributed by atoms with Crippen molar-refractivity contribution in [1.29, 1.82) is 0 Å². The summed E-state index contributed by atoms with van der Waals surface area (Å²) < 4.78 is 5.07. The second kappa shape index (κ2) is 5.53. The van der Waals surface area contributed by atoms with E-state index in [2.05, 4.69) is 5.32 Å². The lowest BCUT2D eigenvalue weighted by Gasteiger charge is -2.07. The molecule has 2 atom stereocenters. The van der Waals surface area contributed by atoms with E-state index in [1.165, 1.54) is 0 Å². The first-order chi connectivity index (χ1) is 9.43. The van der Waals surface area contributed by atoms with Crippen molar-refractivity contribution >= 4 is 12.1 Å². The van der Waals surface area contributed by atoms with Crippen LogP contribution in [0.4, 0.5) is 4.79 Å². The van der Waals surface area contributed by atoms with Crippen molar-refractivity contribution in [1.82, 2.24) is 5.32 Å². The Labute approximate surface area is 117 Å². The molecule has 1 aromatic carbocycles. The molecule has 0 bridgehead atoms. The number of carbonyl (C=O) groups excluding carboxylic acids is 1. The Morgan fingerprint density at radius 3 is 2.50 bits per heavy atom. The maximum atomic E-state index is 11.6. The molecule has 5 nitrogen and oxygen atoms in total. The van der Waals surface area contributed by atoms with Gasteiger partial charge in [0.2, 0.25) is 0 Å². The number of benzene rings is 1. The van der Waals surface area contributed by atoms with Crippen LogP contribution in [0.25, 0.3) is 0 Å². The average Bonchev–Trinajstić information content (AvgIpc) is 2.97. The first kappa shape index (κ1) is 14.4. The fourth-order valence-electron chi connectivity index (χ4n) is 2.58. The van der Waals surface area contributed by atoms with Crippen LogP contribution in [0.3, 0.4) is 0 Å². The lowest BCUT2D eigenvalue weighted by molar-refractivity contribution is -0.139. The van der Waals surface area contributed by atoms with Gasteiger partial charge in [0, 0.05) is 6.54 Å². The standard InChI is InChI=1S/C15H19NO4/c1-15(2)11(12(15)13(17)18)8-16-14(19)20-9-10-6-4-3-5-7-10/h3-7,11-12H,8-9H2,1-2H3,(H,16,19)(H,17,18)/t11-,12-/m0/s1. The largest absolute Gasteiger partial charge is 0.481 e. The van der Waals surface area contributed by atoms with E-state index in [9.17, 15) is 9.59 Å². The van der Waals surface area contributed by atoms with Gasteiger partial charge in [0.05, 0.1) is 5.92 Å². The topological polar surface area (TPSA) is 75.6 Å². The summed E-state index contributed by atoms with van der Waals surface area (Å²) in [6.07, 6.45) is -0.513. The Bertz CT molecular complexity index is 498. The molecule has 1 aliphatic rings. The number of carboxylic acids is 1. The summed E-state index contributed by atoms with van der Waals surface area (Å²) in [5, 5.41) is 11.7. The third-order valence-corrected chi connectivity index (χ3v) is 4.00. The molecule has 0 radical (unpaired) electrons. The van der Waals surface area contributed by atoms with Gasteiger partial charge in [-0.05, 0) is 16.9 Å². The van der Waals surface area contributed by atoms with Gasteiger partial charge in [-0.2, -0.15) is 0 Å². The molecule has 1 aliphatic carbocycles. The predicted octanol–water partition coefficient (Wildman–Crippen LogP) is 2.27. The first-order valence-corrected chi connectivity index (χ1v) is 6.60. The summed E-state index contributed by atoms with van der Waals surface area (Å²) in [7, 11) is 0. The molecule has 0 aromatic heterocycles. The van der Waals surface area contributed by atoms with Crippen LogP contribution in [0, 0.1) is 17.3 Å². The number of ether oxygens (including phenoxy) is 1. The number of hydrogen-bond acceptors (Lipinski definition) is 3. The molecule has 108 valence electrons. The summed E-state index contributed by atoms with van der Waals surface area (Å²) in [5.74, 6) is -1.24. The van der Waals surface area contributed by atoms with Crippen molar-refractivity contribution in [3.05, 3.63) is 35.9 Å². The number of aliphatic carboxylic acids is 1. The van der Waals surface area contributed by atoms with Crippen LogP contribution in [-0.4, -0.2) is 23.7 Å². The maximum absolute atomic E-state index is 11.6. The number of carboxylic acid groups (broad SMARTS) is 1. The average molecular weight is 277 g/mol. The van der Waals surface area contributed by atoms with E-state index in [0.29, 0.717) is 6.54 Å². The molecule has 1 aromatic rings. The van der Waals surface area contributed by atoms with Crippen LogP contribution < -0.4 is 5.32 Å². The Morgan fingerprint density at radius 1 is 1.30 bits per heavy atom. The van der Waals surface area contributed by atoms with Crippen molar-refractivity contribution in [3.8, 4) is 0 Å². The van der Waals surface area contributed by atoms with Gasteiger partial charge in [-0.1, -0.05) is 44.2 Å². The molecule has 0 spiro atoms.